The van der Waals surface area contributed by atoms with Gasteiger partial charge in [-0.2, -0.15) is 0 Å². The summed E-state index contributed by atoms with van der Waals surface area (Å²) < 4.78 is 5.41. The van der Waals surface area contributed by atoms with Crippen molar-refractivity contribution in [3.05, 3.63) is 11.9 Å². The molecule has 1 aliphatic heterocycles. The highest BCUT2D eigenvalue weighted by molar-refractivity contribution is 5.81. The van der Waals surface area contributed by atoms with Gasteiger partial charge in [-0.1, -0.05) is 0 Å². The molecule has 0 radical (unpaired) electrons. The topological polar surface area (TPSA) is 79.4 Å². The zero-order valence-corrected chi connectivity index (χ0v) is 12.0. The fourth-order valence-electron chi connectivity index (χ4n) is 2.08. The van der Waals surface area contributed by atoms with Crippen molar-refractivity contribution in [1.82, 2.24) is 20.2 Å². The van der Waals surface area contributed by atoms with E-state index in [0.29, 0.717) is 18.3 Å². The highest BCUT2D eigenvalue weighted by Crippen LogP contribution is 2.19. The summed E-state index contributed by atoms with van der Waals surface area (Å²) in [6.45, 7) is 7.80. The van der Waals surface area contributed by atoms with Crippen molar-refractivity contribution in [2.24, 2.45) is 0 Å². The Morgan fingerprint density at radius 3 is 2.90 bits per heavy atom. The van der Waals surface area contributed by atoms with Crippen LogP contribution in [0.1, 0.15) is 12.5 Å². The second-order valence-electron chi connectivity index (χ2n) is 4.57. The molecule has 2 rings (SSSR count). The zero-order chi connectivity index (χ0) is 14.4. The van der Waals surface area contributed by atoms with Crippen molar-refractivity contribution in [2.75, 3.05) is 44.6 Å². The molecule has 0 spiro atoms. The van der Waals surface area contributed by atoms with Gasteiger partial charge in [-0.05, 0) is 13.8 Å². The molecule has 1 fully saturated rings. The second-order valence-corrected chi connectivity index (χ2v) is 4.57. The summed E-state index contributed by atoms with van der Waals surface area (Å²) in [5, 5.41) is 6.29. The number of carbonyl (C=O) groups is 1. The van der Waals surface area contributed by atoms with Gasteiger partial charge >= 0.3 is 0 Å². The van der Waals surface area contributed by atoms with Crippen molar-refractivity contribution in [1.29, 1.82) is 0 Å². The van der Waals surface area contributed by atoms with E-state index < -0.39 is 0 Å². The second kappa shape index (κ2) is 7.04. The first-order chi connectivity index (χ1) is 9.72. The largest absolute Gasteiger partial charge is 0.478 e. The number of ether oxygens (including phenoxy) is 1. The molecule has 2 heterocycles. The Morgan fingerprint density at radius 2 is 2.20 bits per heavy atom. The van der Waals surface area contributed by atoms with E-state index in [0.717, 1.165) is 31.7 Å². The fourth-order valence-corrected chi connectivity index (χ4v) is 2.08. The first-order valence-electron chi connectivity index (χ1n) is 6.89. The molecular formula is C13H21N5O2. The first kappa shape index (κ1) is 14.5. The van der Waals surface area contributed by atoms with Crippen molar-refractivity contribution in [3.63, 3.8) is 0 Å². The SMILES string of the molecule is CCOc1ncnc(NCC(=O)N2CCNCC2)c1C. The monoisotopic (exact) mass is 279 g/mol. The minimum atomic E-state index is 0.0856. The van der Waals surface area contributed by atoms with Crippen LogP contribution >= 0.6 is 0 Å². The van der Waals surface area contributed by atoms with E-state index in [2.05, 4.69) is 20.6 Å². The molecule has 7 nitrogen and oxygen atoms in total. The molecule has 1 saturated heterocycles. The lowest BCUT2D eigenvalue weighted by molar-refractivity contribution is -0.129. The molecule has 1 amide bonds. The average molecular weight is 279 g/mol. The predicted octanol–water partition coefficient (Wildman–Crippen LogP) is 0.0274. The number of nitrogens with one attached hydrogen (secondary N) is 2. The number of hydrogen-bond donors (Lipinski definition) is 2. The van der Waals surface area contributed by atoms with Gasteiger partial charge in [0.2, 0.25) is 11.8 Å². The van der Waals surface area contributed by atoms with Gasteiger partial charge in [-0.3, -0.25) is 4.79 Å². The van der Waals surface area contributed by atoms with Crippen molar-refractivity contribution < 1.29 is 9.53 Å². The van der Waals surface area contributed by atoms with Crippen LogP contribution in [0.4, 0.5) is 5.82 Å². The normalized spacial score (nSPS) is 15.0. The van der Waals surface area contributed by atoms with Crippen LogP contribution in [0.5, 0.6) is 5.88 Å². The van der Waals surface area contributed by atoms with Crippen LogP contribution in [0.3, 0.4) is 0 Å². The third-order valence-corrected chi connectivity index (χ3v) is 3.20. The van der Waals surface area contributed by atoms with Gasteiger partial charge < -0.3 is 20.3 Å². The number of rotatable bonds is 5. The standard InChI is InChI=1S/C13H21N5O2/c1-3-20-13-10(2)12(16-9-17-13)15-8-11(19)18-6-4-14-5-7-18/h9,14H,3-8H2,1-2H3,(H,15,16,17). The lowest BCUT2D eigenvalue weighted by Gasteiger charge is -2.27. The van der Waals surface area contributed by atoms with Crippen molar-refractivity contribution >= 4 is 11.7 Å². The van der Waals surface area contributed by atoms with Gasteiger partial charge in [0, 0.05) is 26.2 Å². The van der Waals surface area contributed by atoms with E-state index in [1.807, 2.05) is 18.7 Å². The van der Waals surface area contributed by atoms with Crippen molar-refractivity contribution in [2.45, 2.75) is 13.8 Å². The Labute approximate surface area is 118 Å². The lowest BCUT2D eigenvalue weighted by Crippen LogP contribution is -2.48. The minimum absolute atomic E-state index is 0.0856. The number of carbonyl (C=O) groups excluding carboxylic acids is 1. The predicted molar refractivity (Wildman–Crippen MR) is 75.9 cm³/mol. The van der Waals surface area contributed by atoms with Crippen molar-refractivity contribution in [3.8, 4) is 5.88 Å². The number of aromatic nitrogens is 2. The molecule has 20 heavy (non-hydrogen) atoms. The van der Waals surface area contributed by atoms with Gasteiger partial charge in [-0.25, -0.2) is 9.97 Å². The fraction of sp³-hybridized carbons (Fsp3) is 0.615. The number of hydrogen-bond acceptors (Lipinski definition) is 6. The van der Waals surface area contributed by atoms with Crippen LogP contribution in [0.15, 0.2) is 6.33 Å². The molecule has 7 heteroatoms. The van der Waals surface area contributed by atoms with Crippen LogP contribution in [0.2, 0.25) is 0 Å². The first-order valence-corrected chi connectivity index (χ1v) is 6.89. The van der Waals surface area contributed by atoms with Gasteiger partial charge in [0.1, 0.15) is 12.1 Å². The molecule has 1 aliphatic rings. The Bertz CT molecular complexity index is 460. The summed E-state index contributed by atoms with van der Waals surface area (Å²) in [6.07, 6.45) is 1.44. The summed E-state index contributed by atoms with van der Waals surface area (Å²) in [5.74, 6) is 1.29. The molecule has 1 aromatic heterocycles. The number of piperazine rings is 1. The highest BCUT2D eigenvalue weighted by atomic mass is 16.5. The third kappa shape index (κ3) is 3.57. The lowest BCUT2D eigenvalue weighted by atomic mass is 10.3. The quantitative estimate of drug-likeness (QED) is 0.791. The molecule has 0 bridgehead atoms. The van der Waals surface area contributed by atoms with Crippen LogP contribution in [0, 0.1) is 6.92 Å². The van der Waals surface area contributed by atoms with Gasteiger partial charge in [0.15, 0.2) is 0 Å². The number of anilines is 1. The molecule has 0 saturated carbocycles. The van der Waals surface area contributed by atoms with E-state index in [1.165, 1.54) is 6.33 Å². The Morgan fingerprint density at radius 1 is 1.45 bits per heavy atom. The average Bonchev–Trinajstić information content (AvgIpc) is 2.49. The number of nitrogens with zero attached hydrogens (tertiary/aromatic N) is 3. The zero-order valence-electron chi connectivity index (χ0n) is 12.0. The molecule has 0 aliphatic carbocycles. The number of amides is 1. The Balaban J connectivity index is 1.93. The Hall–Kier alpha value is -1.89. The summed E-state index contributed by atoms with van der Waals surface area (Å²) in [5.41, 5.74) is 0.822. The maximum atomic E-state index is 12.1. The summed E-state index contributed by atoms with van der Waals surface area (Å²) in [7, 11) is 0. The van der Waals surface area contributed by atoms with Crippen LogP contribution in [-0.4, -0.2) is 60.1 Å². The van der Waals surface area contributed by atoms with E-state index in [4.69, 9.17) is 4.74 Å². The van der Waals surface area contributed by atoms with Gasteiger partial charge in [0.05, 0.1) is 18.7 Å². The van der Waals surface area contributed by atoms with Crippen LogP contribution in [-0.2, 0) is 4.79 Å². The molecule has 2 N–H and O–H groups in total. The van der Waals surface area contributed by atoms with Crippen LogP contribution < -0.4 is 15.4 Å². The summed E-state index contributed by atoms with van der Waals surface area (Å²) in [6, 6.07) is 0. The molecule has 0 atom stereocenters. The van der Waals surface area contributed by atoms with E-state index in [9.17, 15) is 4.79 Å². The minimum Gasteiger partial charge on any atom is -0.478 e. The third-order valence-electron chi connectivity index (χ3n) is 3.20. The highest BCUT2D eigenvalue weighted by Gasteiger charge is 2.16. The van der Waals surface area contributed by atoms with Gasteiger partial charge in [-0.15, -0.1) is 0 Å². The molecule has 1 aromatic rings. The van der Waals surface area contributed by atoms with Crippen LogP contribution in [0.25, 0.3) is 0 Å². The molecule has 0 aromatic carbocycles. The van der Waals surface area contributed by atoms with E-state index >= 15 is 0 Å². The van der Waals surface area contributed by atoms with E-state index in [1.54, 1.807) is 0 Å². The smallest absolute Gasteiger partial charge is 0.242 e. The van der Waals surface area contributed by atoms with E-state index in [-0.39, 0.29) is 12.5 Å². The Kier molecular flexibility index (Phi) is 5.11. The van der Waals surface area contributed by atoms with Gasteiger partial charge in [0.25, 0.3) is 0 Å². The molecule has 0 unspecified atom stereocenters. The summed E-state index contributed by atoms with van der Waals surface area (Å²) >= 11 is 0. The maximum Gasteiger partial charge on any atom is 0.242 e. The molecular weight excluding hydrogens is 258 g/mol. The summed E-state index contributed by atoms with van der Waals surface area (Å²) in [4.78, 5) is 22.1. The molecule has 110 valence electrons. The maximum absolute atomic E-state index is 12.1.